The summed E-state index contributed by atoms with van der Waals surface area (Å²) in [6, 6.07) is 8.82. The van der Waals surface area contributed by atoms with Crippen LogP contribution < -0.4 is 5.32 Å². The molecule has 1 aliphatic rings. The molecule has 0 aromatic heterocycles. The lowest BCUT2D eigenvalue weighted by Crippen LogP contribution is -2.55. The third-order valence-electron chi connectivity index (χ3n) is 3.88. The Kier molecular flexibility index (Phi) is 5.46. The minimum absolute atomic E-state index is 0.149. The fourth-order valence-corrected chi connectivity index (χ4v) is 2.69. The minimum atomic E-state index is -0.449. The Hall–Kier alpha value is -1.55. The highest BCUT2D eigenvalue weighted by molar-refractivity contribution is 5.68. The molecular formula is C18H28N2O2. The zero-order valence-electron chi connectivity index (χ0n) is 14.2. The van der Waals surface area contributed by atoms with Gasteiger partial charge in [0.05, 0.1) is 6.04 Å². The Morgan fingerprint density at radius 3 is 2.50 bits per heavy atom. The van der Waals surface area contributed by atoms with E-state index >= 15 is 0 Å². The van der Waals surface area contributed by atoms with Crippen LogP contribution in [0.3, 0.4) is 0 Å². The first-order chi connectivity index (χ1) is 10.4. The molecule has 1 aliphatic heterocycles. The van der Waals surface area contributed by atoms with Crippen LogP contribution in [0.25, 0.3) is 0 Å². The molecule has 1 aromatic rings. The number of carbonyl (C=O) groups is 1. The molecule has 1 amide bonds. The normalized spacial score (nSPS) is 19.1. The molecule has 22 heavy (non-hydrogen) atoms. The molecule has 2 rings (SSSR count). The molecule has 0 aliphatic carbocycles. The lowest BCUT2D eigenvalue weighted by Gasteiger charge is -2.37. The maximum Gasteiger partial charge on any atom is 0.410 e. The van der Waals surface area contributed by atoms with E-state index in [0.29, 0.717) is 6.54 Å². The molecular weight excluding hydrogens is 276 g/mol. The summed E-state index contributed by atoms with van der Waals surface area (Å²) < 4.78 is 5.54. The van der Waals surface area contributed by atoms with Crippen LogP contribution in [0.15, 0.2) is 24.3 Å². The van der Waals surface area contributed by atoms with Crippen LogP contribution in [-0.2, 0) is 17.6 Å². The molecule has 0 radical (unpaired) electrons. The summed E-state index contributed by atoms with van der Waals surface area (Å²) in [7, 11) is 0. The molecule has 0 spiro atoms. The number of hydrogen-bond donors (Lipinski definition) is 1. The fourth-order valence-electron chi connectivity index (χ4n) is 2.69. The summed E-state index contributed by atoms with van der Waals surface area (Å²) in [6.07, 6.45) is 1.70. The highest BCUT2D eigenvalue weighted by Crippen LogP contribution is 2.16. The minimum Gasteiger partial charge on any atom is -0.444 e. The molecule has 1 fully saturated rings. The topological polar surface area (TPSA) is 41.6 Å². The fraction of sp³-hybridized carbons (Fsp3) is 0.611. The van der Waals surface area contributed by atoms with Gasteiger partial charge in [0, 0.05) is 19.6 Å². The molecule has 1 N–H and O–H groups in total. The van der Waals surface area contributed by atoms with Gasteiger partial charge >= 0.3 is 6.09 Å². The molecule has 1 atom stereocenters. The van der Waals surface area contributed by atoms with E-state index in [1.165, 1.54) is 11.1 Å². The standard InChI is InChI=1S/C18H28N2O2/c1-5-14-6-8-15(9-7-14)12-16-13-19-10-11-20(16)17(21)22-18(2,3)4/h6-9,16,19H,5,10-13H2,1-4H3/t16-/m0/s1. The monoisotopic (exact) mass is 304 g/mol. The Balaban J connectivity index is 2.04. The Morgan fingerprint density at radius 2 is 1.91 bits per heavy atom. The van der Waals surface area contributed by atoms with E-state index in [-0.39, 0.29) is 12.1 Å². The lowest BCUT2D eigenvalue weighted by molar-refractivity contribution is 0.0122. The van der Waals surface area contributed by atoms with Gasteiger partial charge in [-0.2, -0.15) is 0 Å². The summed E-state index contributed by atoms with van der Waals surface area (Å²) >= 11 is 0. The highest BCUT2D eigenvalue weighted by Gasteiger charge is 2.30. The molecule has 0 saturated carbocycles. The van der Waals surface area contributed by atoms with Crippen molar-refractivity contribution in [2.75, 3.05) is 19.6 Å². The van der Waals surface area contributed by atoms with Gasteiger partial charge in [-0.15, -0.1) is 0 Å². The maximum atomic E-state index is 12.4. The molecule has 0 bridgehead atoms. The van der Waals surface area contributed by atoms with Crippen LogP contribution in [0.1, 0.15) is 38.8 Å². The summed E-state index contributed by atoms with van der Waals surface area (Å²) in [5, 5.41) is 3.38. The van der Waals surface area contributed by atoms with Crippen molar-refractivity contribution in [1.82, 2.24) is 10.2 Å². The smallest absolute Gasteiger partial charge is 0.410 e. The van der Waals surface area contributed by atoms with Gasteiger partial charge in [-0.1, -0.05) is 31.2 Å². The predicted octanol–water partition coefficient (Wildman–Crippen LogP) is 3.00. The number of amides is 1. The molecule has 122 valence electrons. The van der Waals surface area contributed by atoms with E-state index in [4.69, 9.17) is 4.74 Å². The number of hydrogen-bond acceptors (Lipinski definition) is 3. The molecule has 4 heteroatoms. The van der Waals surface area contributed by atoms with Gasteiger partial charge in [0.25, 0.3) is 0 Å². The first-order valence-corrected chi connectivity index (χ1v) is 8.17. The van der Waals surface area contributed by atoms with Crippen molar-refractivity contribution in [3.8, 4) is 0 Å². The van der Waals surface area contributed by atoms with E-state index in [0.717, 1.165) is 25.9 Å². The largest absolute Gasteiger partial charge is 0.444 e. The van der Waals surface area contributed by atoms with Crippen molar-refractivity contribution in [3.05, 3.63) is 35.4 Å². The number of piperazine rings is 1. The van der Waals surface area contributed by atoms with Crippen LogP contribution in [0.2, 0.25) is 0 Å². The Morgan fingerprint density at radius 1 is 1.27 bits per heavy atom. The quantitative estimate of drug-likeness (QED) is 0.933. The molecule has 1 heterocycles. The molecule has 1 aromatic carbocycles. The average Bonchev–Trinajstić information content (AvgIpc) is 2.47. The van der Waals surface area contributed by atoms with Crippen molar-refractivity contribution in [1.29, 1.82) is 0 Å². The number of benzene rings is 1. The van der Waals surface area contributed by atoms with Gasteiger partial charge < -0.3 is 15.0 Å². The maximum absolute atomic E-state index is 12.4. The summed E-state index contributed by atoms with van der Waals surface area (Å²) in [5.74, 6) is 0. The second kappa shape index (κ2) is 7.14. The lowest BCUT2D eigenvalue weighted by atomic mass is 10.0. The third-order valence-corrected chi connectivity index (χ3v) is 3.88. The molecule has 1 saturated heterocycles. The first kappa shape index (κ1) is 16.8. The van der Waals surface area contributed by atoms with E-state index in [1.54, 1.807) is 0 Å². The number of nitrogens with zero attached hydrogens (tertiary/aromatic N) is 1. The zero-order chi connectivity index (χ0) is 16.2. The zero-order valence-corrected chi connectivity index (χ0v) is 14.2. The van der Waals surface area contributed by atoms with Crippen LogP contribution in [0, 0.1) is 0 Å². The van der Waals surface area contributed by atoms with Crippen LogP contribution in [0.5, 0.6) is 0 Å². The van der Waals surface area contributed by atoms with Gasteiger partial charge in [0.2, 0.25) is 0 Å². The van der Waals surface area contributed by atoms with Gasteiger partial charge in [-0.3, -0.25) is 0 Å². The number of nitrogens with one attached hydrogen (secondary N) is 1. The summed E-state index contributed by atoms with van der Waals surface area (Å²) in [6.45, 7) is 10.2. The number of carbonyl (C=O) groups excluding carboxylic acids is 1. The van der Waals surface area contributed by atoms with Crippen LogP contribution in [-0.4, -0.2) is 42.3 Å². The van der Waals surface area contributed by atoms with E-state index in [2.05, 4.69) is 36.5 Å². The van der Waals surface area contributed by atoms with Crippen LogP contribution in [0.4, 0.5) is 4.79 Å². The van der Waals surface area contributed by atoms with Crippen LogP contribution >= 0.6 is 0 Å². The van der Waals surface area contributed by atoms with Gasteiger partial charge in [0.15, 0.2) is 0 Å². The van der Waals surface area contributed by atoms with Crippen molar-refractivity contribution in [3.63, 3.8) is 0 Å². The number of rotatable bonds is 3. The number of aryl methyl sites for hydroxylation is 1. The molecule has 0 unspecified atom stereocenters. The van der Waals surface area contributed by atoms with Crippen molar-refractivity contribution < 1.29 is 9.53 Å². The molecule has 4 nitrogen and oxygen atoms in total. The van der Waals surface area contributed by atoms with E-state index in [9.17, 15) is 4.79 Å². The van der Waals surface area contributed by atoms with Gasteiger partial charge in [-0.05, 0) is 44.7 Å². The predicted molar refractivity (Wildman–Crippen MR) is 89.1 cm³/mol. The van der Waals surface area contributed by atoms with Crippen molar-refractivity contribution >= 4 is 6.09 Å². The SMILES string of the molecule is CCc1ccc(C[C@H]2CNCCN2C(=O)OC(C)(C)C)cc1. The van der Waals surface area contributed by atoms with Crippen molar-refractivity contribution in [2.24, 2.45) is 0 Å². The number of ether oxygens (including phenoxy) is 1. The first-order valence-electron chi connectivity index (χ1n) is 8.17. The van der Waals surface area contributed by atoms with Crippen molar-refractivity contribution in [2.45, 2.75) is 52.2 Å². The highest BCUT2D eigenvalue weighted by atomic mass is 16.6. The summed E-state index contributed by atoms with van der Waals surface area (Å²) in [4.78, 5) is 14.3. The van der Waals surface area contributed by atoms with E-state index < -0.39 is 5.60 Å². The average molecular weight is 304 g/mol. The second-order valence-corrected chi connectivity index (χ2v) is 6.91. The Bertz CT molecular complexity index is 491. The second-order valence-electron chi connectivity index (χ2n) is 6.91. The van der Waals surface area contributed by atoms with E-state index in [1.807, 2.05) is 25.7 Å². The Labute approximate surface area is 133 Å². The third kappa shape index (κ3) is 4.73. The van der Waals surface area contributed by atoms with Gasteiger partial charge in [-0.25, -0.2) is 4.79 Å². The summed E-state index contributed by atoms with van der Waals surface area (Å²) in [5.41, 5.74) is 2.16. The van der Waals surface area contributed by atoms with Gasteiger partial charge in [0.1, 0.15) is 5.60 Å².